The van der Waals surface area contributed by atoms with Crippen molar-refractivity contribution in [2.24, 2.45) is 0 Å². The highest BCUT2D eigenvalue weighted by atomic mass is 32.1. The first kappa shape index (κ1) is 17.7. The normalized spacial score (nSPS) is 10.9. The first-order chi connectivity index (χ1) is 12.2. The maximum Gasteiger partial charge on any atom is 0.227 e. The van der Waals surface area contributed by atoms with Crippen molar-refractivity contribution < 1.29 is 9.32 Å². The van der Waals surface area contributed by atoms with E-state index in [9.17, 15) is 4.79 Å². The van der Waals surface area contributed by atoms with Crippen LogP contribution in [0, 0.1) is 0 Å². The first-order valence-electron chi connectivity index (χ1n) is 8.23. The van der Waals surface area contributed by atoms with Crippen LogP contribution in [0.15, 0.2) is 22.0 Å². The Labute approximate surface area is 153 Å². The highest BCUT2D eigenvalue weighted by Gasteiger charge is 2.13. The molecule has 0 aliphatic carbocycles. The third kappa shape index (κ3) is 5.17. The van der Waals surface area contributed by atoms with Crippen LogP contribution in [-0.4, -0.2) is 26.2 Å². The molecule has 0 atom stereocenters. The Bertz CT molecular complexity index is 797. The molecular formula is C16H19N5O2S2. The van der Waals surface area contributed by atoms with Crippen molar-refractivity contribution in [3.63, 3.8) is 0 Å². The predicted molar refractivity (Wildman–Crippen MR) is 97.7 cm³/mol. The van der Waals surface area contributed by atoms with E-state index in [-0.39, 0.29) is 12.3 Å². The van der Waals surface area contributed by atoms with Gasteiger partial charge >= 0.3 is 0 Å². The van der Waals surface area contributed by atoms with Crippen LogP contribution in [0.4, 0.5) is 5.13 Å². The molecule has 3 aromatic rings. The number of carbonyl (C=O) groups excluding carboxylic acids is 1. The second kappa shape index (κ2) is 8.82. The van der Waals surface area contributed by atoms with Crippen molar-refractivity contribution in [3.05, 3.63) is 28.4 Å². The van der Waals surface area contributed by atoms with Crippen molar-refractivity contribution in [1.82, 2.24) is 20.3 Å². The number of aryl methyl sites for hydroxylation is 2. The van der Waals surface area contributed by atoms with Crippen molar-refractivity contribution in [1.29, 1.82) is 0 Å². The number of hydrogen-bond acceptors (Lipinski definition) is 8. The number of thiophene rings is 1. The van der Waals surface area contributed by atoms with Crippen LogP contribution in [0.2, 0.25) is 0 Å². The SMILES string of the molecule is CCCCCc1nnc(NC(=O)CCc2nc(-c3cccs3)no2)s1. The van der Waals surface area contributed by atoms with Gasteiger partial charge in [0, 0.05) is 19.3 Å². The highest BCUT2D eigenvalue weighted by molar-refractivity contribution is 7.15. The van der Waals surface area contributed by atoms with E-state index >= 15 is 0 Å². The zero-order valence-electron chi connectivity index (χ0n) is 13.9. The van der Waals surface area contributed by atoms with E-state index < -0.39 is 0 Å². The summed E-state index contributed by atoms with van der Waals surface area (Å²) in [6.07, 6.45) is 5.02. The number of rotatable bonds is 9. The van der Waals surface area contributed by atoms with Crippen LogP contribution in [0.3, 0.4) is 0 Å². The molecule has 0 spiro atoms. The second-order valence-corrected chi connectivity index (χ2v) is 7.51. The summed E-state index contributed by atoms with van der Waals surface area (Å²) in [6, 6.07) is 3.86. The number of carbonyl (C=O) groups is 1. The zero-order valence-corrected chi connectivity index (χ0v) is 15.5. The van der Waals surface area contributed by atoms with Crippen molar-refractivity contribution in [2.45, 2.75) is 45.4 Å². The average molecular weight is 377 g/mol. The fraction of sp³-hybridized carbons (Fsp3) is 0.438. The van der Waals surface area contributed by atoms with E-state index in [1.54, 1.807) is 11.3 Å². The highest BCUT2D eigenvalue weighted by Crippen LogP contribution is 2.22. The lowest BCUT2D eigenvalue weighted by atomic mass is 10.2. The molecule has 3 rings (SSSR count). The van der Waals surface area contributed by atoms with Gasteiger partial charge in [-0.05, 0) is 17.9 Å². The lowest BCUT2D eigenvalue weighted by Gasteiger charge is -1.98. The molecular weight excluding hydrogens is 358 g/mol. The lowest BCUT2D eigenvalue weighted by molar-refractivity contribution is -0.116. The molecule has 0 aliphatic rings. The summed E-state index contributed by atoms with van der Waals surface area (Å²) in [6.45, 7) is 2.17. The Hall–Kier alpha value is -2.13. The third-order valence-corrected chi connectivity index (χ3v) is 5.25. The molecule has 9 heteroatoms. The van der Waals surface area contributed by atoms with Crippen LogP contribution < -0.4 is 5.32 Å². The summed E-state index contributed by atoms with van der Waals surface area (Å²) in [7, 11) is 0. The molecule has 132 valence electrons. The number of amides is 1. The summed E-state index contributed by atoms with van der Waals surface area (Å²) in [4.78, 5) is 17.3. The Morgan fingerprint density at radius 3 is 3.00 bits per heavy atom. The molecule has 3 heterocycles. The minimum Gasteiger partial charge on any atom is -0.339 e. The fourth-order valence-electron chi connectivity index (χ4n) is 2.20. The Morgan fingerprint density at radius 1 is 1.28 bits per heavy atom. The van der Waals surface area contributed by atoms with Gasteiger partial charge in [0.25, 0.3) is 0 Å². The summed E-state index contributed by atoms with van der Waals surface area (Å²) >= 11 is 2.98. The molecule has 0 aromatic carbocycles. The minimum absolute atomic E-state index is 0.132. The molecule has 0 bridgehead atoms. The Kier molecular flexibility index (Phi) is 6.24. The smallest absolute Gasteiger partial charge is 0.227 e. The Morgan fingerprint density at radius 2 is 2.20 bits per heavy atom. The quantitative estimate of drug-likeness (QED) is 0.567. The molecule has 1 N–H and O–H groups in total. The number of nitrogens with zero attached hydrogens (tertiary/aromatic N) is 4. The van der Waals surface area contributed by atoms with Crippen LogP contribution in [0.1, 0.15) is 43.5 Å². The zero-order chi connectivity index (χ0) is 17.5. The van der Waals surface area contributed by atoms with Crippen LogP contribution >= 0.6 is 22.7 Å². The summed E-state index contributed by atoms with van der Waals surface area (Å²) in [5.74, 6) is 0.884. The maximum atomic E-state index is 12.0. The standard InChI is InChI=1S/C16H19N5O2S2/c1-2-3-4-7-14-19-20-16(25-14)17-12(22)8-9-13-18-15(21-23-13)11-6-5-10-24-11/h5-6,10H,2-4,7-9H2,1H3,(H,17,20,22). The summed E-state index contributed by atoms with van der Waals surface area (Å²) in [5.41, 5.74) is 0. The first-order valence-corrected chi connectivity index (χ1v) is 9.93. The molecule has 0 aliphatic heterocycles. The Balaban J connectivity index is 1.45. The van der Waals surface area contributed by atoms with Gasteiger partial charge < -0.3 is 9.84 Å². The largest absolute Gasteiger partial charge is 0.339 e. The van der Waals surface area contributed by atoms with Crippen LogP contribution in [-0.2, 0) is 17.6 Å². The molecule has 0 radical (unpaired) electrons. The number of hydrogen-bond donors (Lipinski definition) is 1. The predicted octanol–water partition coefficient (Wildman–Crippen LogP) is 3.95. The van der Waals surface area contributed by atoms with Crippen molar-refractivity contribution >= 4 is 33.7 Å². The van der Waals surface area contributed by atoms with Gasteiger partial charge in [-0.25, -0.2) is 0 Å². The maximum absolute atomic E-state index is 12.0. The summed E-state index contributed by atoms with van der Waals surface area (Å²) in [5, 5.41) is 18.3. The second-order valence-electron chi connectivity index (χ2n) is 5.50. The number of anilines is 1. The summed E-state index contributed by atoms with van der Waals surface area (Å²) < 4.78 is 5.19. The van der Waals surface area contributed by atoms with Crippen LogP contribution in [0.5, 0.6) is 0 Å². The van der Waals surface area contributed by atoms with Gasteiger partial charge in [0.1, 0.15) is 5.01 Å². The molecule has 1 amide bonds. The van der Waals surface area contributed by atoms with E-state index in [1.165, 1.54) is 24.2 Å². The third-order valence-electron chi connectivity index (χ3n) is 3.48. The number of aromatic nitrogens is 4. The average Bonchev–Trinajstić information content (AvgIpc) is 3.35. The van der Waals surface area contributed by atoms with Crippen molar-refractivity contribution in [3.8, 4) is 10.7 Å². The van der Waals surface area contributed by atoms with Gasteiger partial charge in [-0.2, -0.15) is 4.98 Å². The van der Waals surface area contributed by atoms with E-state index in [2.05, 4.69) is 32.6 Å². The lowest BCUT2D eigenvalue weighted by Crippen LogP contribution is -2.12. The minimum atomic E-state index is -0.132. The number of unbranched alkanes of at least 4 members (excludes halogenated alkanes) is 2. The molecule has 0 saturated carbocycles. The molecule has 0 fully saturated rings. The number of nitrogens with one attached hydrogen (secondary N) is 1. The van der Waals surface area contributed by atoms with E-state index in [1.807, 2.05) is 17.5 Å². The van der Waals surface area contributed by atoms with Gasteiger partial charge in [0.2, 0.25) is 22.8 Å². The van der Waals surface area contributed by atoms with Gasteiger partial charge in [0.05, 0.1) is 4.88 Å². The molecule has 0 unspecified atom stereocenters. The topological polar surface area (TPSA) is 93.8 Å². The fourth-order valence-corrected chi connectivity index (χ4v) is 3.64. The van der Waals surface area contributed by atoms with Gasteiger partial charge in [-0.15, -0.1) is 21.5 Å². The van der Waals surface area contributed by atoms with Gasteiger partial charge in [0.15, 0.2) is 0 Å². The monoisotopic (exact) mass is 377 g/mol. The van der Waals surface area contributed by atoms with Crippen molar-refractivity contribution in [2.75, 3.05) is 5.32 Å². The van der Waals surface area contributed by atoms with Gasteiger partial charge in [-0.1, -0.05) is 42.3 Å². The van der Waals surface area contributed by atoms with E-state index in [0.29, 0.717) is 23.3 Å². The van der Waals surface area contributed by atoms with E-state index in [0.717, 1.165) is 22.7 Å². The molecule has 0 saturated heterocycles. The van der Waals surface area contributed by atoms with Gasteiger partial charge in [-0.3, -0.25) is 4.79 Å². The molecule has 25 heavy (non-hydrogen) atoms. The molecule has 7 nitrogen and oxygen atoms in total. The van der Waals surface area contributed by atoms with Crippen LogP contribution in [0.25, 0.3) is 10.7 Å². The van der Waals surface area contributed by atoms with E-state index in [4.69, 9.17) is 4.52 Å². The molecule has 3 aromatic heterocycles.